The van der Waals surface area contributed by atoms with Gasteiger partial charge in [-0.1, -0.05) is 35.3 Å². The van der Waals surface area contributed by atoms with E-state index in [1.807, 2.05) is 19.1 Å². The molecule has 2 amide bonds. The number of aryl methyl sites for hydroxylation is 1. The van der Waals surface area contributed by atoms with Crippen molar-refractivity contribution in [2.45, 2.75) is 20.0 Å². The van der Waals surface area contributed by atoms with Crippen LogP contribution in [-0.4, -0.2) is 48.4 Å². The normalized spacial score (nSPS) is 10.9. The van der Waals surface area contributed by atoms with Gasteiger partial charge in [0.25, 0.3) is 5.91 Å². The summed E-state index contributed by atoms with van der Waals surface area (Å²) in [6.07, 6.45) is 0. The van der Waals surface area contributed by atoms with Gasteiger partial charge in [0.1, 0.15) is 12.4 Å². The number of ether oxygens (including phenoxy) is 1. The Kier molecular flexibility index (Phi) is 9.47. The van der Waals surface area contributed by atoms with Crippen LogP contribution in [0.15, 0.2) is 54.6 Å². The summed E-state index contributed by atoms with van der Waals surface area (Å²) in [5, 5.41) is 0.627. The molecular weight excluding hydrogens is 498 g/mol. The van der Waals surface area contributed by atoms with Gasteiger partial charge in [-0.2, -0.15) is 0 Å². The predicted molar refractivity (Wildman–Crippen MR) is 134 cm³/mol. The predicted octanol–water partition coefficient (Wildman–Crippen LogP) is 5.82. The molecular formula is C25H25Cl2FN2O3S. The van der Waals surface area contributed by atoms with Crippen molar-refractivity contribution in [1.82, 2.24) is 9.80 Å². The SMILES string of the molecule is COCCN(CC(=O)N(Cc1ccc(F)cc1)Cc1ccc(C)s1)C(=O)c1ccc(Cl)cc1Cl. The Bertz CT molecular complexity index is 1140. The molecule has 0 spiro atoms. The van der Waals surface area contributed by atoms with Crippen LogP contribution in [0.25, 0.3) is 0 Å². The van der Waals surface area contributed by atoms with E-state index in [-0.39, 0.29) is 54.5 Å². The minimum atomic E-state index is -0.388. The first-order chi connectivity index (χ1) is 16.3. The number of amides is 2. The third-order valence-corrected chi connectivity index (χ3v) is 6.66. The summed E-state index contributed by atoms with van der Waals surface area (Å²) < 4.78 is 18.5. The van der Waals surface area contributed by atoms with Crippen LogP contribution in [0.5, 0.6) is 0 Å². The van der Waals surface area contributed by atoms with E-state index in [0.717, 1.165) is 15.3 Å². The van der Waals surface area contributed by atoms with Crippen molar-refractivity contribution in [2.24, 2.45) is 0 Å². The van der Waals surface area contributed by atoms with Gasteiger partial charge in [-0.05, 0) is 55.0 Å². The number of carbonyl (C=O) groups excluding carboxylic acids is 2. The second-order valence-electron chi connectivity index (χ2n) is 7.73. The summed E-state index contributed by atoms with van der Waals surface area (Å²) in [5.41, 5.74) is 1.05. The maximum absolute atomic E-state index is 13.4. The lowest BCUT2D eigenvalue weighted by Gasteiger charge is -2.28. The fourth-order valence-electron chi connectivity index (χ4n) is 3.35. The fraction of sp³-hybridized carbons (Fsp3) is 0.280. The van der Waals surface area contributed by atoms with E-state index in [1.165, 1.54) is 30.2 Å². The lowest BCUT2D eigenvalue weighted by molar-refractivity contribution is -0.133. The van der Waals surface area contributed by atoms with Gasteiger partial charge in [-0.3, -0.25) is 9.59 Å². The highest BCUT2D eigenvalue weighted by Crippen LogP contribution is 2.23. The van der Waals surface area contributed by atoms with E-state index in [9.17, 15) is 14.0 Å². The highest BCUT2D eigenvalue weighted by atomic mass is 35.5. The molecule has 0 aliphatic heterocycles. The van der Waals surface area contributed by atoms with Crippen molar-refractivity contribution in [1.29, 1.82) is 0 Å². The van der Waals surface area contributed by atoms with E-state index in [4.69, 9.17) is 27.9 Å². The fourth-order valence-corrected chi connectivity index (χ4v) is 4.75. The highest BCUT2D eigenvalue weighted by Gasteiger charge is 2.24. The quantitative estimate of drug-likeness (QED) is 0.337. The van der Waals surface area contributed by atoms with Crippen LogP contribution in [0.1, 0.15) is 25.7 Å². The van der Waals surface area contributed by atoms with Gasteiger partial charge >= 0.3 is 0 Å². The summed E-state index contributed by atoms with van der Waals surface area (Å²) in [6.45, 7) is 2.97. The molecule has 3 aromatic rings. The molecule has 0 saturated carbocycles. The van der Waals surface area contributed by atoms with Crippen LogP contribution in [0.2, 0.25) is 10.0 Å². The van der Waals surface area contributed by atoms with Gasteiger partial charge in [0, 0.05) is 35.0 Å². The van der Waals surface area contributed by atoms with Gasteiger partial charge in [0.2, 0.25) is 5.91 Å². The molecule has 0 aliphatic carbocycles. The lowest BCUT2D eigenvalue weighted by atomic mass is 10.2. The largest absolute Gasteiger partial charge is 0.383 e. The van der Waals surface area contributed by atoms with Crippen molar-refractivity contribution in [3.05, 3.63) is 91.3 Å². The second kappa shape index (κ2) is 12.3. The zero-order valence-electron chi connectivity index (χ0n) is 18.9. The highest BCUT2D eigenvalue weighted by molar-refractivity contribution is 7.11. The lowest BCUT2D eigenvalue weighted by Crippen LogP contribution is -2.43. The van der Waals surface area contributed by atoms with Crippen molar-refractivity contribution >= 4 is 46.4 Å². The van der Waals surface area contributed by atoms with E-state index < -0.39 is 0 Å². The van der Waals surface area contributed by atoms with Crippen molar-refractivity contribution in [3.8, 4) is 0 Å². The smallest absolute Gasteiger partial charge is 0.255 e. The molecule has 0 unspecified atom stereocenters. The minimum absolute atomic E-state index is 0.160. The topological polar surface area (TPSA) is 49.9 Å². The molecule has 0 N–H and O–H groups in total. The number of halogens is 3. The third-order valence-electron chi connectivity index (χ3n) is 5.12. The summed E-state index contributed by atoms with van der Waals surface area (Å²) in [7, 11) is 1.53. The monoisotopic (exact) mass is 522 g/mol. The summed E-state index contributed by atoms with van der Waals surface area (Å²) >= 11 is 13.8. The molecule has 0 bridgehead atoms. The minimum Gasteiger partial charge on any atom is -0.383 e. The first-order valence-corrected chi connectivity index (χ1v) is 12.1. The number of hydrogen-bond acceptors (Lipinski definition) is 4. The zero-order valence-corrected chi connectivity index (χ0v) is 21.2. The Morgan fingerprint density at radius 3 is 2.35 bits per heavy atom. The number of methoxy groups -OCH3 is 1. The van der Waals surface area contributed by atoms with Gasteiger partial charge in [-0.15, -0.1) is 11.3 Å². The molecule has 34 heavy (non-hydrogen) atoms. The molecule has 2 aromatic carbocycles. The van der Waals surface area contributed by atoms with Crippen LogP contribution in [-0.2, 0) is 22.6 Å². The summed E-state index contributed by atoms with van der Waals surface area (Å²) in [6, 6.07) is 14.6. The molecule has 0 radical (unpaired) electrons. The Labute approximate surface area is 212 Å². The maximum atomic E-state index is 13.4. The number of thiophene rings is 1. The third kappa shape index (κ3) is 7.27. The molecule has 3 rings (SSSR count). The van der Waals surface area contributed by atoms with Crippen LogP contribution >= 0.6 is 34.5 Å². The Morgan fingerprint density at radius 2 is 1.74 bits per heavy atom. The summed E-state index contributed by atoms with van der Waals surface area (Å²) in [4.78, 5) is 31.9. The molecule has 0 fully saturated rings. The number of hydrogen-bond donors (Lipinski definition) is 0. The zero-order chi connectivity index (χ0) is 24.7. The number of nitrogens with zero attached hydrogens (tertiary/aromatic N) is 2. The average Bonchev–Trinajstić information content (AvgIpc) is 3.21. The van der Waals surface area contributed by atoms with Gasteiger partial charge in [0.05, 0.1) is 23.7 Å². The van der Waals surface area contributed by atoms with Crippen molar-refractivity contribution in [3.63, 3.8) is 0 Å². The maximum Gasteiger partial charge on any atom is 0.255 e. The van der Waals surface area contributed by atoms with Gasteiger partial charge < -0.3 is 14.5 Å². The van der Waals surface area contributed by atoms with Crippen LogP contribution < -0.4 is 0 Å². The van der Waals surface area contributed by atoms with E-state index in [1.54, 1.807) is 40.5 Å². The van der Waals surface area contributed by atoms with Crippen molar-refractivity contribution < 1.29 is 18.7 Å². The molecule has 180 valence electrons. The van der Waals surface area contributed by atoms with Crippen molar-refractivity contribution in [2.75, 3.05) is 26.8 Å². The molecule has 1 heterocycles. The second-order valence-corrected chi connectivity index (χ2v) is 9.95. The number of carbonyl (C=O) groups is 2. The molecule has 5 nitrogen and oxygen atoms in total. The van der Waals surface area contributed by atoms with Crippen LogP contribution in [0.3, 0.4) is 0 Å². The molecule has 0 saturated heterocycles. The van der Waals surface area contributed by atoms with Gasteiger partial charge in [-0.25, -0.2) is 4.39 Å². The van der Waals surface area contributed by atoms with Crippen LogP contribution in [0, 0.1) is 12.7 Å². The van der Waals surface area contributed by atoms with E-state index in [2.05, 4.69) is 0 Å². The van der Waals surface area contributed by atoms with E-state index in [0.29, 0.717) is 11.6 Å². The van der Waals surface area contributed by atoms with E-state index >= 15 is 0 Å². The standard InChI is InChI=1S/C25H25Cl2FN2O3S/c1-17-3-9-21(34-17)15-30(14-18-4-7-20(28)8-5-18)24(31)16-29(11-12-33-2)25(32)22-10-6-19(26)13-23(22)27/h3-10,13H,11-12,14-16H2,1-2H3. The molecule has 9 heteroatoms. The summed E-state index contributed by atoms with van der Waals surface area (Å²) in [5.74, 6) is -0.975. The molecule has 1 aromatic heterocycles. The number of rotatable bonds is 10. The Balaban J connectivity index is 1.83. The van der Waals surface area contributed by atoms with Gasteiger partial charge in [0.15, 0.2) is 0 Å². The van der Waals surface area contributed by atoms with Crippen LogP contribution in [0.4, 0.5) is 4.39 Å². The Morgan fingerprint density at radius 1 is 1.00 bits per heavy atom. The average molecular weight is 523 g/mol. The Hall–Kier alpha value is -2.45. The molecule has 0 atom stereocenters. The first kappa shape index (κ1) is 26.2. The number of benzene rings is 2. The molecule has 0 aliphatic rings. The first-order valence-electron chi connectivity index (χ1n) is 10.6.